The van der Waals surface area contributed by atoms with Crippen LogP contribution in [0.3, 0.4) is 0 Å². The van der Waals surface area contributed by atoms with Crippen LogP contribution < -0.4 is 0 Å². The first-order chi connectivity index (χ1) is 5.81. The summed E-state index contributed by atoms with van der Waals surface area (Å²) in [6.07, 6.45) is 2.44. The lowest BCUT2D eigenvalue weighted by molar-refractivity contribution is -0.117. The van der Waals surface area contributed by atoms with Gasteiger partial charge in [0.2, 0.25) is 0 Å². The van der Waals surface area contributed by atoms with Crippen molar-refractivity contribution in [2.75, 3.05) is 6.61 Å². The minimum atomic E-state index is -0.134. The van der Waals surface area contributed by atoms with E-state index in [-0.39, 0.29) is 19.8 Å². The van der Waals surface area contributed by atoms with Crippen molar-refractivity contribution in [1.82, 2.24) is 0 Å². The average Bonchev–Trinajstić information content (AvgIpc) is 2.20. The molecule has 0 aliphatic heterocycles. The van der Waals surface area contributed by atoms with Gasteiger partial charge >= 0.3 is 0 Å². The number of hydrogen-bond donors (Lipinski definition) is 0. The van der Waals surface area contributed by atoms with Crippen molar-refractivity contribution >= 4 is 5.78 Å². The molecule has 0 rings (SSSR count). The Labute approximate surface area is 83.3 Å². The number of carbonyl (C=O) groups is 1. The number of hydrogen-bond acceptors (Lipinski definition) is 2. The van der Waals surface area contributed by atoms with E-state index in [1.54, 1.807) is 0 Å². The summed E-state index contributed by atoms with van der Waals surface area (Å²) in [7, 11) is 0. The third-order valence-corrected chi connectivity index (χ3v) is 0.571. The first-order valence-corrected chi connectivity index (χ1v) is 4.19. The Morgan fingerprint density at radius 1 is 1.23 bits per heavy atom. The predicted octanol–water partition coefficient (Wildman–Crippen LogP) is 3.59. The quantitative estimate of drug-likeness (QED) is 0.498. The van der Waals surface area contributed by atoms with Gasteiger partial charge in [0.05, 0.1) is 6.26 Å². The van der Waals surface area contributed by atoms with Gasteiger partial charge in [-0.3, -0.25) is 4.79 Å². The van der Waals surface area contributed by atoms with E-state index in [1.807, 2.05) is 27.7 Å². The monoisotopic (exact) mass is 188 g/mol. The number of ether oxygens (including phenoxy) is 1. The Balaban J connectivity index is -0.0000000712. The molecule has 0 aromatic rings. The molecule has 80 valence electrons. The zero-order valence-corrected chi connectivity index (χ0v) is 8.59. The second kappa shape index (κ2) is 30.6. The van der Waals surface area contributed by atoms with E-state index in [0.717, 1.165) is 0 Å². The Bertz CT molecular complexity index is 107. The van der Waals surface area contributed by atoms with Gasteiger partial charge in [-0.2, -0.15) is 0 Å². The SMILES string of the molecule is C.C=COCC(=O)C=C.CC.CC. The van der Waals surface area contributed by atoms with Crippen LogP contribution in [0.4, 0.5) is 0 Å². The molecule has 0 spiro atoms. The van der Waals surface area contributed by atoms with Gasteiger partial charge in [-0.15, -0.1) is 0 Å². The third-order valence-electron chi connectivity index (χ3n) is 0.571. The third kappa shape index (κ3) is 35.8. The summed E-state index contributed by atoms with van der Waals surface area (Å²) in [5, 5.41) is 0. The van der Waals surface area contributed by atoms with Gasteiger partial charge in [0.25, 0.3) is 0 Å². The molecule has 0 aromatic heterocycles. The molecular weight excluding hydrogens is 164 g/mol. The van der Waals surface area contributed by atoms with Crippen molar-refractivity contribution in [3.63, 3.8) is 0 Å². The molecule has 0 fully saturated rings. The van der Waals surface area contributed by atoms with Crippen molar-refractivity contribution in [3.05, 3.63) is 25.5 Å². The molecule has 2 heteroatoms. The summed E-state index contributed by atoms with van der Waals surface area (Å²) < 4.78 is 4.53. The molecule has 0 atom stereocenters. The van der Waals surface area contributed by atoms with Crippen LogP contribution >= 0.6 is 0 Å². The van der Waals surface area contributed by atoms with Crippen molar-refractivity contribution in [2.24, 2.45) is 0 Å². The first-order valence-electron chi connectivity index (χ1n) is 4.19. The minimum absolute atomic E-state index is 0. The van der Waals surface area contributed by atoms with Crippen molar-refractivity contribution in [3.8, 4) is 0 Å². The summed E-state index contributed by atoms with van der Waals surface area (Å²) in [6.45, 7) is 14.6. The van der Waals surface area contributed by atoms with E-state index in [9.17, 15) is 4.79 Å². The molecule has 0 unspecified atom stereocenters. The van der Waals surface area contributed by atoms with Crippen LogP contribution in [-0.4, -0.2) is 12.4 Å². The van der Waals surface area contributed by atoms with Gasteiger partial charge < -0.3 is 4.74 Å². The fraction of sp³-hybridized carbons (Fsp3) is 0.545. The van der Waals surface area contributed by atoms with Crippen molar-refractivity contribution in [2.45, 2.75) is 35.1 Å². The standard InChI is InChI=1S/C6H8O2.2C2H6.CH4/c1-3-6(7)5-8-4-2;2*1-2;/h3-4H,1-2,5H2;2*1-2H3;1H4. The number of carbonyl (C=O) groups excluding carboxylic acids is 1. The van der Waals surface area contributed by atoms with E-state index in [4.69, 9.17) is 0 Å². The van der Waals surface area contributed by atoms with E-state index in [1.165, 1.54) is 12.3 Å². The second-order valence-electron chi connectivity index (χ2n) is 1.15. The van der Waals surface area contributed by atoms with Gasteiger partial charge in [-0.1, -0.05) is 48.3 Å². The Kier molecular flexibility index (Phi) is 53.4. The van der Waals surface area contributed by atoms with Crippen LogP contribution in [0.25, 0.3) is 0 Å². The molecule has 0 bridgehead atoms. The van der Waals surface area contributed by atoms with Crippen molar-refractivity contribution < 1.29 is 9.53 Å². The fourth-order valence-corrected chi connectivity index (χ4v) is 0.200. The lowest BCUT2D eigenvalue weighted by Gasteiger charge is -1.91. The van der Waals surface area contributed by atoms with E-state index in [2.05, 4.69) is 17.9 Å². The fourth-order valence-electron chi connectivity index (χ4n) is 0.200. The van der Waals surface area contributed by atoms with Crippen LogP contribution in [-0.2, 0) is 9.53 Å². The Hall–Kier alpha value is -1.05. The molecule has 0 saturated carbocycles. The first kappa shape index (κ1) is 22.7. The molecular formula is C11H24O2. The summed E-state index contributed by atoms with van der Waals surface area (Å²) in [4.78, 5) is 10.3. The van der Waals surface area contributed by atoms with Gasteiger partial charge in [0.15, 0.2) is 5.78 Å². The molecule has 0 saturated heterocycles. The predicted molar refractivity (Wildman–Crippen MR) is 60.8 cm³/mol. The Morgan fingerprint density at radius 3 is 1.85 bits per heavy atom. The highest BCUT2D eigenvalue weighted by Gasteiger charge is 1.89. The summed E-state index contributed by atoms with van der Waals surface area (Å²) >= 11 is 0. The van der Waals surface area contributed by atoms with Crippen LogP contribution in [0.2, 0.25) is 0 Å². The minimum Gasteiger partial charge on any atom is -0.494 e. The van der Waals surface area contributed by atoms with Crippen LogP contribution in [0.15, 0.2) is 25.5 Å². The van der Waals surface area contributed by atoms with Gasteiger partial charge in [-0.25, -0.2) is 0 Å². The zero-order chi connectivity index (χ0) is 10.4. The molecule has 0 aliphatic rings. The van der Waals surface area contributed by atoms with E-state index in [0.29, 0.717) is 0 Å². The van der Waals surface area contributed by atoms with Gasteiger partial charge in [0, 0.05) is 0 Å². The molecule has 2 nitrogen and oxygen atoms in total. The Morgan fingerprint density at radius 2 is 1.62 bits per heavy atom. The maximum Gasteiger partial charge on any atom is 0.192 e. The summed E-state index contributed by atoms with van der Waals surface area (Å²) in [5.74, 6) is -0.134. The highest BCUT2D eigenvalue weighted by Crippen LogP contribution is 1.76. The average molecular weight is 188 g/mol. The molecule has 0 radical (unpaired) electrons. The van der Waals surface area contributed by atoms with Crippen molar-refractivity contribution in [1.29, 1.82) is 0 Å². The lowest BCUT2D eigenvalue weighted by atomic mass is 10.4. The molecule has 0 N–H and O–H groups in total. The summed E-state index contributed by atoms with van der Waals surface area (Å²) in [6, 6.07) is 0. The molecule has 0 aromatic carbocycles. The van der Waals surface area contributed by atoms with Gasteiger partial charge in [-0.05, 0) is 6.08 Å². The van der Waals surface area contributed by atoms with Gasteiger partial charge in [0.1, 0.15) is 6.61 Å². The zero-order valence-electron chi connectivity index (χ0n) is 8.59. The molecule has 0 amide bonds. The maximum absolute atomic E-state index is 10.3. The lowest BCUT2D eigenvalue weighted by Crippen LogP contribution is -1.99. The van der Waals surface area contributed by atoms with Crippen LogP contribution in [0.1, 0.15) is 35.1 Å². The number of rotatable bonds is 4. The smallest absolute Gasteiger partial charge is 0.192 e. The van der Waals surface area contributed by atoms with Crippen LogP contribution in [0, 0.1) is 0 Å². The normalized spacial score (nSPS) is 5.54. The highest BCUT2D eigenvalue weighted by molar-refractivity contribution is 5.90. The molecule has 0 heterocycles. The largest absolute Gasteiger partial charge is 0.494 e. The summed E-state index contributed by atoms with van der Waals surface area (Å²) in [5.41, 5.74) is 0. The van der Waals surface area contributed by atoms with E-state index >= 15 is 0 Å². The highest BCUT2D eigenvalue weighted by atomic mass is 16.5. The maximum atomic E-state index is 10.3. The molecule has 0 aliphatic carbocycles. The topological polar surface area (TPSA) is 26.3 Å². The second-order valence-corrected chi connectivity index (χ2v) is 1.15. The molecule has 13 heavy (non-hydrogen) atoms. The van der Waals surface area contributed by atoms with E-state index < -0.39 is 0 Å². The number of ketones is 1. The van der Waals surface area contributed by atoms with Crippen LogP contribution in [0.5, 0.6) is 0 Å².